The highest BCUT2D eigenvalue weighted by Gasteiger charge is 2.06. The van der Waals surface area contributed by atoms with Crippen LogP contribution in [0.5, 0.6) is 0 Å². The monoisotopic (exact) mass is 359 g/mol. The standard InChI is InChI=1S/C19H25N3O2S/c1-3-22(4-2)18-9-5-17(6-10-18)15-21-14-13-16-7-11-19(12-8-16)25(20,23)24/h5-12,15H,3-4,13-14H2,1-2H3,(H2,20,23,24). The van der Waals surface area contributed by atoms with E-state index in [1.54, 1.807) is 12.1 Å². The van der Waals surface area contributed by atoms with Crippen LogP contribution < -0.4 is 10.0 Å². The van der Waals surface area contributed by atoms with Gasteiger partial charge in [-0.3, -0.25) is 4.99 Å². The normalized spacial score (nSPS) is 11.8. The van der Waals surface area contributed by atoms with Crippen molar-refractivity contribution in [1.29, 1.82) is 0 Å². The van der Waals surface area contributed by atoms with E-state index >= 15 is 0 Å². The lowest BCUT2D eigenvalue weighted by atomic mass is 10.1. The summed E-state index contributed by atoms with van der Waals surface area (Å²) in [7, 11) is -3.63. The Hall–Kier alpha value is -2.18. The molecule has 0 atom stereocenters. The number of primary sulfonamides is 1. The zero-order chi connectivity index (χ0) is 18.3. The minimum Gasteiger partial charge on any atom is -0.372 e. The maximum atomic E-state index is 11.2. The summed E-state index contributed by atoms with van der Waals surface area (Å²) in [5.41, 5.74) is 3.32. The molecule has 0 aliphatic heterocycles. The zero-order valence-corrected chi connectivity index (χ0v) is 15.5. The molecule has 0 saturated heterocycles. The van der Waals surface area contributed by atoms with E-state index in [0.29, 0.717) is 6.54 Å². The van der Waals surface area contributed by atoms with Gasteiger partial charge in [0.1, 0.15) is 0 Å². The minimum absolute atomic E-state index is 0.132. The SMILES string of the molecule is CCN(CC)c1ccc(C=NCCc2ccc(S(N)(=O)=O)cc2)cc1. The molecule has 0 amide bonds. The lowest BCUT2D eigenvalue weighted by molar-refractivity contribution is 0.598. The van der Waals surface area contributed by atoms with Gasteiger partial charge in [-0.15, -0.1) is 0 Å². The van der Waals surface area contributed by atoms with Crippen molar-refractivity contribution in [2.45, 2.75) is 25.2 Å². The zero-order valence-electron chi connectivity index (χ0n) is 14.7. The van der Waals surface area contributed by atoms with Gasteiger partial charge in [0.25, 0.3) is 0 Å². The minimum atomic E-state index is -3.63. The van der Waals surface area contributed by atoms with Crippen molar-refractivity contribution in [2.75, 3.05) is 24.5 Å². The molecule has 2 aromatic carbocycles. The van der Waals surface area contributed by atoms with Crippen LogP contribution in [0.1, 0.15) is 25.0 Å². The van der Waals surface area contributed by atoms with E-state index in [2.05, 4.69) is 48.0 Å². The summed E-state index contributed by atoms with van der Waals surface area (Å²) in [6, 6.07) is 15.0. The van der Waals surface area contributed by atoms with Gasteiger partial charge in [-0.2, -0.15) is 0 Å². The number of rotatable bonds is 8. The summed E-state index contributed by atoms with van der Waals surface area (Å²) < 4.78 is 22.4. The van der Waals surface area contributed by atoms with Crippen LogP contribution in [0.4, 0.5) is 5.69 Å². The molecular weight excluding hydrogens is 334 g/mol. The van der Waals surface area contributed by atoms with E-state index in [-0.39, 0.29) is 4.90 Å². The number of anilines is 1. The highest BCUT2D eigenvalue weighted by atomic mass is 32.2. The molecule has 2 rings (SSSR count). The van der Waals surface area contributed by atoms with Crippen molar-refractivity contribution in [3.8, 4) is 0 Å². The average Bonchev–Trinajstić information content (AvgIpc) is 2.60. The first kappa shape index (κ1) is 19.1. The van der Waals surface area contributed by atoms with Gasteiger partial charge in [-0.1, -0.05) is 24.3 Å². The molecule has 0 unspecified atom stereocenters. The average molecular weight is 359 g/mol. The van der Waals surface area contributed by atoms with E-state index in [9.17, 15) is 8.42 Å². The molecule has 2 N–H and O–H groups in total. The molecule has 0 aliphatic rings. The van der Waals surface area contributed by atoms with E-state index < -0.39 is 10.0 Å². The number of benzene rings is 2. The van der Waals surface area contributed by atoms with Crippen molar-refractivity contribution in [1.82, 2.24) is 0 Å². The van der Waals surface area contributed by atoms with Crippen LogP contribution in [0.25, 0.3) is 0 Å². The number of hydrogen-bond acceptors (Lipinski definition) is 4. The van der Waals surface area contributed by atoms with Gasteiger partial charge in [0, 0.05) is 31.5 Å². The second-order valence-electron chi connectivity index (χ2n) is 5.74. The maximum absolute atomic E-state index is 11.2. The summed E-state index contributed by atoms with van der Waals surface area (Å²) in [6.07, 6.45) is 2.61. The van der Waals surface area contributed by atoms with E-state index in [0.717, 1.165) is 30.6 Å². The van der Waals surface area contributed by atoms with Crippen LogP contribution in [0.15, 0.2) is 58.4 Å². The molecule has 0 aromatic heterocycles. The first-order valence-electron chi connectivity index (χ1n) is 8.40. The van der Waals surface area contributed by atoms with Gasteiger partial charge >= 0.3 is 0 Å². The van der Waals surface area contributed by atoms with E-state index in [4.69, 9.17) is 5.14 Å². The highest BCUT2D eigenvalue weighted by Crippen LogP contribution is 2.14. The molecule has 25 heavy (non-hydrogen) atoms. The fraction of sp³-hybridized carbons (Fsp3) is 0.316. The smallest absolute Gasteiger partial charge is 0.238 e. The summed E-state index contributed by atoms with van der Waals surface area (Å²) in [5.74, 6) is 0. The Balaban J connectivity index is 1.89. The molecule has 0 radical (unpaired) electrons. The number of aliphatic imine (C=N–C) groups is 1. The number of hydrogen-bond donors (Lipinski definition) is 1. The summed E-state index contributed by atoms with van der Waals surface area (Å²) >= 11 is 0. The fourth-order valence-corrected chi connectivity index (χ4v) is 3.08. The van der Waals surface area contributed by atoms with Crippen molar-refractivity contribution in [3.63, 3.8) is 0 Å². The molecule has 6 heteroatoms. The topological polar surface area (TPSA) is 75.8 Å². The van der Waals surface area contributed by atoms with Gasteiger partial charge in [0.15, 0.2) is 0 Å². The van der Waals surface area contributed by atoms with Gasteiger partial charge in [0.05, 0.1) is 4.90 Å². The third-order valence-corrected chi connectivity index (χ3v) is 4.97. The molecule has 5 nitrogen and oxygen atoms in total. The quantitative estimate of drug-likeness (QED) is 0.736. The third-order valence-electron chi connectivity index (χ3n) is 4.04. The molecule has 0 heterocycles. The molecule has 2 aromatic rings. The highest BCUT2D eigenvalue weighted by molar-refractivity contribution is 7.89. The van der Waals surface area contributed by atoms with Crippen molar-refractivity contribution in [2.24, 2.45) is 10.1 Å². The Kier molecular flexibility index (Phi) is 6.73. The second kappa shape index (κ2) is 8.78. The summed E-state index contributed by atoms with van der Waals surface area (Å²) in [6.45, 7) is 6.93. The summed E-state index contributed by atoms with van der Waals surface area (Å²) in [5, 5.41) is 5.09. The Morgan fingerprint density at radius 1 is 1.00 bits per heavy atom. The molecular formula is C19H25N3O2S. The Morgan fingerprint density at radius 3 is 2.12 bits per heavy atom. The van der Waals surface area contributed by atoms with E-state index in [1.807, 2.05) is 6.21 Å². The van der Waals surface area contributed by atoms with Crippen LogP contribution in [0, 0.1) is 0 Å². The van der Waals surface area contributed by atoms with E-state index in [1.165, 1.54) is 17.8 Å². The second-order valence-corrected chi connectivity index (χ2v) is 7.30. The van der Waals surface area contributed by atoms with Crippen molar-refractivity contribution < 1.29 is 8.42 Å². The predicted octanol–water partition coefficient (Wildman–Crippen LogP) is 2.84. The molecule has 0 spiro atoms. The fourth-order valence-electron chi connectivity index (χ4n) is 2.57. The lowest BCUT2D eigenvalue weighted by Crippen LogP contribution is -2.21. The van der Waals surface area contributed by atoms with Crippen LogP contribution >= 0.6 is 0 Å². The Labute approximate surface area is 150 Å². The summed E-state index contributed by atoms with van der Waals surface area (Å²) in [4.78, 5) is 6.87. The van der Waals surface area contributed by atoms with Crippen molar-refractivity contribution >= 4 is 21.9 Å². The lowest BCUT2D eigenvalue weighted by Gasteiger charge is -2.20. The number of nitrogens with zero attached hydrogens (tertiary/aromatic N) is 2. The van der Waals surface area contributed by atoms with Crippen LogP contribution in [0.2, 0.25) is 0 Å². The van der Waals surface area contributed by atoms with Gasteiger partial charge < -0.3 is 4.90 Å². The Morgan fingerprint density at radius 2 is 1.60 bits per heavy atom. The van der Waals surface area contributed by atoms with Crippen LogP contribution in [-0.2, 0) is 16.4 Å². The van der Waals surface area contributed by atoms with Crippen LogP contribution in [-0.4, -0.2) is 34.3 Å². The predicted molar refractivity (Wildman–Crippen MR) is 104 cm³/mol. The number of sulfonamides is 1. The first-order valence-corrected chi connectivity index (χ1v) is 9.95. The third kappa shape index (κ3) is 5.69. The Bertz CT molecular complexity index is 794. The molecule has 134 valence electrons. The van der Waals surface area contributed by atoms with Gasteiger partial charge in [0.2, 0.25) is 10.0 Å². The number of nitrogens with two attached hydrogens (primary N) is 1. The largest absolute Gasteiger partial charge is 0.372 e. The molecule has 0 bridgehead atoms. The van der Waals surface area contributed by atoms with Gasteiger partial charge in [-0.05, 0) is 55.7 Å². The van der Waals surface area contributed by atoms with Gasteiger partial charge in [-0.25, -0.2) is 13.6 Å². The first-order chi connectivity index (χ1) is 11.9. The van der Waals surface area contributed by atoms with Crippen LogP contribution in [0.3, 0.4) is 0 Å². The molecule has 0 fully saturated rings. The molecule has 0 aliphatic carbocycles. The van der Waals surface area contributed by atoms with Crippen molar-refractivity contribution in [3.05, 3.63) is 59.7 Å². The molecule has 0 saturated carbocycles. The maximum Gasteiger partial charge on any atom is 0.238 e.